The highest BCUT2D eigenvalue weighted by molar-refractivity contribution is 9.10. The summed E-state index contributed by atoms with van der Waals surface area (Å²) >= 11 is 3.48. The van der Waals surface area contributed by atoms with Gasteiger partial charge in [-0.15, -0.1) is 0 Å². The van der Waals surface area contributed by atoms with E-state index in [0.717, 1.165) is 35.4 Å². The molecule has 4 heteroatoms. The Labute approximate surface area is 109 Å². The molecular formula is C13H15BrN2O. The number of rotatable bonds is 2. The zero-order valence-corrected chi connectivity index (χ0v) is 11.2. The second-order valence-corrected chi connectivity index (χ2v) is 5.52. The average molecular weight is 295 g/mol. The van der Waals surface area contributed by atoms with Crippen molar-refractivity contribution in [1.82, 2.24) is 9.38 Å². The van der Waals surface area contributed by atoms with E-state index < -0.39 is 0 Å². The Balaban J connectivity index is 1.84. The van der Waals surface area contributed by atoms with Crippen molar-refractivity contribution in [3.8, 4) is 0 Å². The van der Waals surface area contributed by atoms with Gasteiger partial charge >= 0.3 is 0 Å². The molecule has 2 aromatic heterocycles. The number of hydrogen-bond acceptors (Lipinski definition) is 2. The first-order valence-corrected chi connectivity index (χ1v) is 6.81. The van der Waals surface area contributed by atoms with Gasteiger partial charge in [0.25, 0.3) is 0 Å². The average Bonchev–Trinajstić information content (AvgIpc) is 2.73. The van der Waals surface area contributed by atoms with Crippen LogP contribution in [0.1, 0.15) is 18.7 Å². The van der Waals surface area contributed by atoms with Crippen molar-refractivity contribution in [2.24, 2.45) is 5.92 Å². The molecule has 0 saturated carbocycles. The molecule has 0 amide bonds. The van der Waals surface area contributed by atoms with Crippen LogP contribution in [0.5, 0.6) is 0 Å². The molecule has 0 bridgehead atoms. The maximum absolute atomic E-state index is 5.52. The van der Waals surface area contributed by atoms with Crippen molar-refractivity contribution in [2.75, 3.05) is 13.2 Å². The van der Waals surface area contributed by atoms with Crippen molar-refractivity contribution < 1.29 is 4.74 Å². The smallest absolute Gasteiger partial charge is 0.113 e. The molecule has 1 fully saturated rings. The lowest BCUT2D eigenvalue weighted by Gasteiger charge is -2.21. The van der Waals surface area contributed by atoms with Gasteiger partial charge in [-0.3, -0.25) is 0 Å². The van der Waals surface area contributed by atoms with Crippen LogP contribution in [-0.2, 0) is 11.2 Å². The number of pyridine rings is 1. The number of ether oxygens (including phenoxy) is 1. The maximum Gasteiger partial charge on any atom is 0.113 e. The molecule has 1 atom stereocenters. The molecule has 1 unspecified atom stereocenters. The second-order valence-electron chi connectivity index (χ2n) is 4.60. The first-order valence-electron chi connectivity index (χ1n) is 6.02. The summed E-state index contributed by atoms with van der Waals surface area (Å²) in [5.41, 5.74) is 1.14. The molecule has 3 nitrogen and oxygen atoms in total. The van der Waals surface area contributed by atoms with Gasteiger partial charge in [0, 0.05) is 30.3 Å². The normalized spacial score (nSPS) is 20.9. The maximum atomic E-state index is 5.52. The summed E-state index contributed by atoms with van der Waals surface area (Å²) in [4.78, 5) is 4.52. The van der Waals surface area contributed by atoms with Crippen LogP contribution in [0.2, 0.25) is 0 Å². The molecule has 90 valence electrons. The zero-order chi connectivity index (χ0) is 11.7. The summed E-state index contributed by atoms with van der Waals surface area (Å²) < 4.78 is 8.78. The first-order chi connectivity index (χ1) is 8.33. The molecular weight excluding hydrogens is 280 g/mol. The van der Waals surface area contributed by atoms with Crippen LogP contribution in [-0.4, -0.2) is 22.6 Å². The van der Waals surface area contributed by atoms with E-state index in [9.17, 15) is 0 Å². The Morgan fingerprint density at radius 2 is 2.47 bits per heavy atom. The fourth-order valence-corrected chi connectivity index (χ4v) is 2.76. The highest BCUT2D eigenvalue weighted by Crippen LogP contribution is 2.20. The van der Waals surface area contributed by atoms with E-state index in [1.807, 2.05) is 6.20 Å². The van der Waals surface area contributed by atoms with Gasteiger partial charge in [-0.1, -0.05) is 15.9 Å². The van der Waals surface area contributed by atoms with E-state index in [0.29, 0.717) is 5.92 Å². The van der Waals surface area contributed by atoms with E-state index in [4.69, 9.17) is 4.74 Å². The number of fused-ring (bicyclic) bond motifs is 1. The van der Waals surface area contributed by atoms with E-state index in [2.05, 4.69) is 43.6 Å². The molecule has 1 saturated heterocycles. The van der Waals surface area contributed by atoms with Gasteiger partial charge in [0.15, 0.2) is 0 Å². The van der Waals surface area contributed by atoms with Crippen molar-refractivity contribution in [3.05, 3.63) is 34.8 Å². The van der Waals surface area contributed by atoms with Crippen LogP contribution in [0, 0.1) is 5.92 Å². The summed E-state index contributed by atoms with van der Waals surface area (Å²) in [7, 11) is 0. The van der Waals surface area contributed by atoms with Crippen LogP contribution >= 0.6 is 15.9 Å². The van der Waals surface area contributed by atoms with Crippen LogP contribution in [0.4, 0.5) is 0 Å². The first kappa shape index (κ1) is 11.2. The third-order valence-corrected chi connectivity index (χ3v) is 3.79. The summed E-state index contributed by atoms with van der Waals surface area (Å²) in [6.07, 6.45) is 7.45. The minimum absolute atomic E-state index is 0.623. The summed E-state index contributed by atoms with van der Waals surface area (Å²) in [6, 6.07) is 4.14. The summed E-state index contributed by atoms with van der Waals surface area (Å²) in [5.74, 6) is 1.76. The number of hydrogen-bond donors (Lipinski definition) is 0. The summed E-state index contributed by atoms with van der Waals surface area (Å²) in [6.45, 7) is 1.80. The third-order valence-electron chi connectivity index (χ3n) is 3.30. The van der Waals surface area contributed by atoms with Gasteiger partial charge < -0.3 is 9.14 Å². The van der Waals surface area contributed by atoms with Gasteiger partial charge in [-0.25, -0.2) is 4.98 Å². The lowest BCUT2D eigenvalue weighted by atomic mass is 9.98. The fourth-order valence-electron chi connectivity index (χ4n) is 2.41. The highest BCUT2D eigenvalue weighted by Gasteiger charge is 2.16. The molecule has 0 spiro atoms. The van der Waals surface area contributed by atoms with E-state index >= 15 is 0 Å². The number of aromatic nitrogens is 2. The number of imidazole rings is 1. The van der Waals surface area contributed by atoms with Gasteiger partial charge in [-0.2, -0.15) is 0 Å². The minimum Gasteiger partial charge on any atom is -0.381 e. The molecule has 0 aromatic carbocycles. The Morgan fingerprint density at radius 1 is 1.53 bits per heavy atom. The van der Waals surface area contributed by atoms with Crippen LogP contribution in [0.15, 0.2) is 29.0 Å². The van der Waals surface area contributed by atoms with Crippen LogP contribution in [0.25, 0.3) is 5.52 Å². The quantitative estimate of drug-likeness (QED) is 0.851. The van der Waals surface area contributed by atoms with E-state index in [1.54, 1.807) is 0 Å². The number of nitrogens with zero attached hydrogens (tertiary/aromatic N) is 2. The Morgan fingerprint density at radius 3 is 3.29 bits per heavy atom. The predicted molar refractivity (Wildman–Crippen MR) is 70.1 cm³/mol. The molecule has 1 aliphatic rings. The Bertz CT molecular complexity index is 517. The molecule has 3 heterocycles. The van der Waals surface area contributed by atoms with Gasteiger partial charge in [0.1, 0.15) is 5.82 Å². The highest BCUT2D eigenvalue weighted by atomic mass is 79.9. The van der Waals surface area contributed by atoms with Crippen molar-refractivity contribution in [1.29, 1.82) is 0 Å². The monoisotopic (exact) mass is 294 g/mol. The zero-order valence-electron chi connectivity index (χ0n) is 9.60. The lowest BCUT2D eigenvalue weighted by molar-refractivity contribution is 0.0542. The van der Waals surface area contributed by atoms with E-state index in [-0.39, 0.29) is 0 Å². The molecule has 2 aromatic rings. The van der Waals surface area contributed by atoms with Crippen molar-refractivity contribution in [3.63, 3.8) is 0 Å². The summed E-state index contributed by atoms with van der Waals surface area (Å²) in [5, 5.41) is 0. The molecule has 0 radical (unpaired) electrons. The standard InChI is InChI=1S/C13H15BrN2O/c14-11-3-4-16-12(7-11)8-15-13(16)6-10-2-1-5-17-9-10/h3-4,7-8,10H,1-2,5-6,9H2. The molecule has 0 N–H and O–H groups in total. The molecule has 3 rings (SSSR count). The van der Waals surface area contributed by atoms with Crippen LogP contribution in [0.3, 0.4) is 0 Å². The molecule has 0 aliphatic carbocycles. The fraction of sp³-hybridized carbons (Fsp3) is 0.462. The van der Waals surface area contributed by atoms with Gasteiger partial charge in [0.05, 0.1) is 11.7 Å². The second kappa shape index (κ2) is 4.78. The largest absolute Gasteiger partial charge is 0.381 e. The number of halogens is 1. The van der Waals surface area contributed by atoms with Crippen molar-refractivity contribution in [2.45, 2.75) is 19.3 Å². The SMILES string of the molecule is Brc1ccn2c(CC3CCCOC3)ncc2c1. The lowest BCUT2D eigenvalue weighted by Crippen LogP contribution is -2.20. The van der Waals surface area contributed by atoms with Gasteiger partial charge in [0.2, 0.25) is 0 Å². The predicted octanol–water partition coefficient (Wildman–Crippen LogP) is 3.07. The van der Waals surface area contributed by atoms with Crippen LogP contribution < -0.4 is 0 Å². The third kappa shape index (κ3) is 2.38. The molecule has 17 heavy (non-hydrogen) atoms. The minimum atomic E-state index is 0.623. The Hall–Kier alpha value is -0.870. The topological polar surface area (TPSA) is 26.5 Å². The van der Waals surface area contributed by atoms with Gasteiger partial charge in [-0.05, 0) is 30.9 Å². The Kier molecular flexibility index (Phi) is 3.16. The van der Waals surface area contributed by atoms with Crippen molar-refractivity contribution >= 4 is 21.4 Å². The molecule has 1 aliphatic heterocycles. The van der Waals surface area contributed by atoms with E-state index in [1.165, 1.54) is 12.8 Å².